The maximum Gasteiger partial charge on any atom is 0.240 e. The molecule has 0 aliphatic heterocycles. The molecule has 0 radical (unpaired) electrons. The van der Waals surface area contributed by atoms with Gasteiger partial charge in [0, 0.05) is 22.6 Å². The Balaban J connectivity index is 1.89. The van der Waals surface area contributed by atoms with Gasteiger partial charge in [0.2, 0.25) is 5.91 Å². The molecule has 0 saturated heterocycles. The smallest absolute Gasteiger partial charge is 0.240 e. The molecular formula is C13H12Cl2N2O. The predicted molar refractivity (Wildman–Crippen MR) is 73.1 cm³/mol. The summed E-state index contributed by atoms with van der Waals surface area (Å²) in [5, 5.41) is 5.07. The second-order valence-electron chi connectivity index (χ2n) is 4.61. The summed E-state index contributed by atoms with van der Waals surface area (Å²) in [4.78, 5) is 11.8. The zero-order valence-corrected chi connectivity index (χ0v) is 11.1. The first-order chi connectivity index (χ1) is 8.63. The molecule has 18 heavy (non-hydrogen) atoms. The topological polar surface area (TPSA) is 34.0 Å². The van der Waals surface area contributed by atoms with Gasteiger partial charge >= 0.3 is 0 Å². The van der Waals surface area contributed by atoms with Crippen molar-refractivity contribution in [1.29, 1.82) is 0 Å². The third-order valence-electron chi connectivity index (χ3n) is 3.06. The van der Waals surface area contributed by atoms with Gasteiger partial charge in [-0.3, -0.25) is 4.79 Å². The van der Waals surface area contributed by atoms with E-state index < -0.39 is 0 Å². The Morgan fingerprint density at radius 2 is 2.17 bits per heavy atom. The second kappa shape index (κ2) is 4.48. The predicted octanol–water partition coefficient (Wildman–Crippen LogP) is 3.23. The summed E-state index contributed by atoms with van der Waals surface area (Å²) in [7, 11) is 0. The lowest BCUT2D eigenvalue weighted by Gasteiger charge is -2.07. The van der Waals surface area contributed by atoms with Gasteiger partial charge in [0.05, 0.1) is 10.5 Å². The number of hydrogen-bond acceptors (Lipinski definition) is 1. The Labute approximate surface area is 115 Å². The minimum atomic E-state index is 0.0334. The molecule has 1 N–H and O–H groups in total. The number of aromatic nitrogens is 1. The Morgan fingerprint density at radius 3 is 2.89 bits per heavy atom. The van der Waals surface area contributed by atoms with E-state index in [0.717, 1.165) is 23.7 Å². The number of amides is 1. The highest BCUT2D eigenvalue weighted by Crippen LogP contribution is 2.28. The standard InChI is InChI=1S/C13H12Cl2N2O/c14-8-5-11(15)10-3-4-17(12(10)6-8)7-13(18)16-9-1-2-9/h3-6,9H,1-2,7H2,(H,16,18). The molecule has 1 aliphatic rings. The van der Waals surface area contributed by atoms with E-state index in [9.17, 15) is 4.79 Å². The van der Waals surface area contributed by atoms with Crippen LogP contribution in [0.3, 0.4) is 0 Å². The highest BCUT2D eigenvalue weighted by Gasteiger charge is 2.23. The van der Waals surface area contributed by atoms with Crippen LogP contribution in [0.2, 0.25) is 10.0 Å². The minimum Gasteiger partial charge on any atom is -0.352 e. The van der Waals surface area contributed by atoms with Crippen molar-refractivity contribution in [3.63, 3.8) is 0 Å². The molecule has 0 unspecified atom stereocenters. The van der Waals surface area contributed by atoms with Gasteiger partial charge in [0.25, 0.3) is 0 Å². The zero-order valence-electron chi connectivity index (χ0n) is 9.62. The van der Waals surface area contributed by atoms with Crippen LogP contribution in [0.5, 0.6) is 0 Å². The summed E-state index contributed by atoms with van der Waals surface area (Å²) in [5.74, 6) is 0.0334. The Kier molecular flexibility index (Phi) is 2.96. The molecule has 1 aromatic carbocycles. The van der Waals surface area contributed by atoms with Crippen LogP contribution in [0.25, 0.3) is 10.9 Å². The van der Waals surface area contributed by atoms with Crippen molar-refractivity contribution < 1.29 is 4.79 Å². The van der Waals surface area contributed by atoms with Gasteiger partial charge in [-0.2, -0.15) is 0 Å². The van der Waals surface area contributed by atoms with Crippen molar-refractivity contribution in [1.82, 2.24) is 9.88 Å². The van der Waals surface area contributed by atoms with Crippen LogP contribution in [-0.4, -0.2) is 16.5 Å². The van der Waals surface area contributed by atoms with Crippen LogP contribution in [0.1, 0.15) is 12.8 Å². The molecule has 3 rings (SSSR count). The van der Waals surface area contributed by atoms with Crippen molar-refractivity contribution in [3.8, 4) is 0 Å². The van der Waals surface area contributed by atoms with Crippen LogP contribution in [0.15, 0.2) is 24.4 Å². The Morgan fingerprint density at radius 1 is 1.39 bits per heavy atom. The van der Waals surface area contributed by atoms with Gasteiger partial charge in [-0.1, -0.05) is 23.2 Å². The molecule has 3 nitrogen and oxygen atoms in total. The molecule has 0 atom stereocenters. The molecule has 94 valence electrons. The molecular weight excluding hydrogens is 271 g/mol. The fraction of sp³-hybridized carbons (Fsp3) is 0.308. The summed E-state index contributed by atoms with van der Waals surface area (Å²) < 4.78 is 1.87. The van der Waals surface area contributed by atoms with E-state index in [-0.39, 0.29) is 5.91 Å². The summed E-state index contributed by atoms with van der Waals surface area (Å²) in [6, 6.07) is 5.82. The summed E-state index contributed by atoms with van der Waals surface area (Å²) >= 11 is 12.1. The number of halogens is 2. The van der Waals surface area contributed by atoms with E-state index in [1.54, 1.807) is 6.07 Å². The lowest BCUT2D eigenvalue weighted by atomic mass is 10.2. The minimum absolute atomic E-state index is 0.0334. The van der Waals surface area contributed by atoms with Crippen molar-refractivity contribution in [2.24, 2.45) is 0 Å². The van der Waals surface area contributed by atoms with E-state index in [2.05, 4.69) is 5.32 Å². The number of carbonyl (C=O) groups excluding carboxylic acids is 1. The maximum absolute atomic E-state index is 11.8. The van der Waals surface area contributed by atoms with E-state index in [1.807, 2.05) is 22.9 Å². The quantitative estimate of drug-likeness (QED) is 0.922. The van der Waals surface area contributed by atoms with Crippen molar-refractivity contribution in [3.05, 3.63) is 34.4 Å². The van der Waals surface area contributed by atoms with E-state index in [1.165, 1.54) is 0 Å². The van der Waals surface area contributed by atoms with Crippen molar-refractivity contribution >= 4 is 40.0 Å². The molecule has 5 heteroatoms. The number of hydrogen-bond donors (Lipinski definition) is 1. The Hall–Kier alpha value is -1.19. The fourth-order valence-electron chi connectivity index (χ4n) is 2.01. The molecule has 2 aromatic rings. The number of rotatable bonds is 3. The van der Waals surface area contributed by atoms with E-state index in [0.29, 0.717) is 22.6 Å². The first-order valence-electron chi connectivity index (χ1n) is 5.87. The molecule has 1 aromatic heterocycles. The van der Waals surface area contributed by atoms with Gasteiger partial charge in [-0.15, -0.1) is 0 Å². The molecule has 1 fully saturated rings. The van der Waals surface area contributed by atoms with E-state index >= 15 is 0 Å². The zero-order chi connectivity index (χ0) is 12.7. The number of nitrogens with one attached hydrogen (secondary N) is 1. The average Bonchev–Trinajstić information content (AvgIpc) is 3.01. The lowest BCUT2D eigenvalue weighted by molar-refractivity contribution is -0.121. The maximum atomic E-state index is 11.8. The second-order valence-corrected chi connectivity index (χ2v) is 5.45. The first-order valence-corrected chi connectivity index (χ1v) is 6.62. The molecule has 0 bridgehead atoms. The third-order valence-corrected chi connectivity index (χ3v) is 3.59. The Bertz CT molecular complexity index is 617. The van der Waals surface area contributed by atoms with Gasteiger partial charge in [-0.25, -0.2) is 0 Å². The van der Waals surface area contributed by atoms with Crippen LogP contribution in [-0.2, 0) is 11.3 Å². The summed E-state index contributed by atoms with van der Waals surface area (Å²) in [5.41, 5.74) is 0.887. The summed E-state index contributed by atoms with van der Waals surface area (Å²) in [6.07, 6.45) is 4.05. The SMILES string of the molecule is O=C(Cn1ccc2c(Cl)cc(Cl)cc21)NC1CC1. The monoisotopic (exact) mass is 282 g/mol. The van der Waals surface area contributed by atoms with Crippen LogP contribution < -0.4 is 5.32 Å². The molecule has 1 saturated carbocycles. The molecule has 1 amide bonds. The van der Waals surface area contributed by atoms with Crippen molar-refractivity contribution in [2.75, 3.05) is 0 Å². The highest BCUT2D eigenvalue weighted by atomic mass is 35.5. The number of fused-ring (bicyclic) bond motifs is 1. The first kappa shape index (κ1) is 11.9. The van der Waals surface area contributed by atoms with E-state index in [4.69, 9.17) is 23.2 Å². The summed E-state index contributed by atoms with van der Waals surface area (Å²) in [6.45, 7) is 0.302. The van der Waals surface area contributed by atoms with Crippen molar-refractivity contribution in [2.45, 2.75) is 25.4 Å². The largest absolute Gasteiger partial charge is 0.352 e. The lowest BCUT2D eigenvalue weighted by Crippen LogP contribution is -2.28. The normalized spacial score (nSPS) is 15.0. The highest BCUT2D eigenvalue weighted by molar-refractivity contribution is 6.38. The number of carbonyl (C=O) groups is 1. The van der Waals surface area contributed by atoms with Gasteiger partial charge in [0.15, 0.2) is 0 Å². The third kappa shape index (κ3) is 2.33. The fourth-order valence-corrected chi connectivity index (χ4v) is 2.56. The molecule has 1 heterocycles. The van der Waals surface area contributed by atoms with Crippen LogP contribution >= 0.6 is 23.2 Å². The van der Waals surface area contributed by atoms with Crippen LogP contribution in [0, 0.1) is 0 Å². The van der Waals surface area contributed by atoms with Crippen LogP contribution in [0.4, 0.5) is 0 Å². The van der Waals surface area contributed by atoms with Gasteiger partial charge in [-0.05, 0) is 31.0 Å². The average molecular weight is 283 g/mol. The van der Waals surface area contributed by atoms with Gasteiger partial charge < -0.3 is 9.88 Å². The number of benzene rings is 1. The molecule has 1 aliphatic carbocycles. The molecule has 0 spiro atoms. The van der Waals surface area contributed by atoms with Gasteiger partial charge in [0.1, 0.15) is 6.54 Å². The number of nitrogens with zero attached hydrogens (tertiary/aromatic N) is 1.